The quantitative estimate of drug-likeness (QED) is 0.211. The zero-order valence-corrected chi connectivity index (χ0v) is 21.2. The van der Waals surface area contributed by atoms with E-state index in [1.54, 1.807) is 0 Å². The van der Waals surface area contributed by atoms with E-state index in [4.69, 9.17) is 11.6 Å². The van der Waals surface area contributed by atoms with Gasteiger partial charge >= 0.3 is 12.1 Å². The fourth-order valence-electron chi connectivity index (χ4n) is 3.94. The monoisotopic (exact) mass is 581 g/mol. The number of benzene rings is 2. The fraction of sp³-hybridized carbons (Fsp3) is 0.292. The van der Waals surface area contributed by atoms with Gasteiger partial charge < -0.3 is 31.5 Å². The molecule has 1 aliphatic heterocycles. The van der Waals surface area contributed by atoms with Gasteiger partial charge in [-0.15, -0.1) is 0 Å². The molecule has 0 bridgehead atoms. The number of guanidine groups is 1. The first-order valence-electron chi connectivity index (χ1n) is 11.8. The number of hydrogen-bond donors (Lipinski definition) is 7. The molecule has 16 heteroatoms. The molecule has 0 saturated carbocycles. The third-order valence-corrected chi connectivity index (χ3v) is 6.03. The third-order valence-electron chi connectivity index (χ3n) is 5.81. The summed E-state index contributed by atoms with van der Waals surface area (Å²) < 4.78 is 39.7. The first-order chi connectivity index (χ1) is 18.9. The van der Waals surface area contributed by atoms with Crippen LogP contribution >= 0.6 is 11.6 Å². The van der Waals surface area contributed by atoms with Crippen LogP contribution < -0.4 is 21.3 Å². The molecule has 0 aliphatic carbocycles. The second-order valence-electron chi connectivity index (χ2n) is 8.88. The van der Waals surface area contributed by atoms with E-state index in [-0.39, 0.29) is 29.2 Å². The van der Waals surface area contributed by atoms with E-state index in [9.17, 15) is 37.8 Å². The predicted molar refractivity (Wildman–Crippen MR) is 138 cm³/mol. The average molecular weight is 582 g/mol. The van der Waals surface area contributed by atoms with Crippen LogP contribution in [0.1, 0.15) is 33.9 Å². The Kier molecular flexibility index (Phi) is 8.44. The number of nitrogens with one attached hydrogen (secondary N) is 5. The molecule has 0 fully saturated rings. The Bertz CT molecular complexity index is 1480. The summed E-state index contributed by atoms with van der Waals surface area (Å²) in [5.74, 6) is -2.50. The van der Waals surface area contributed by atoms with E-state index < -0.39 is 54.6 Å². The number of alkyl halides is 3. The van der Waals surface area contributed by atoms with Crippen LogP contribution in [0.4, 0.5) is 18.9 Å². The van der Waals surface area contributed by atoms with Gasteiger partial charge in [0, 0.05) is 22.5 Å². The van der Waals surface area contributed by atoms with Crippen LogP contribution in [0, 0.1) is 0 Å². The second-order valence-corrected chi connectivity index (χ2v) is 9.31. The lowest BCUT2D eigenvalue weighted by molar-refractivity contribution is -0.138. The number of aliphatic hydroxyl groups is 1. The summed E-state index contributed by atoms with van der Waals surface area (Å²) in [7, 11) is 0. The van der Waals surface area contributed by atoms with Crippen molar-refractivity contribution in [1.29, 1.82) is 0 Å². The van der Waals surface area contributed by atoms with E-state index in [1.165, 1.54) is 18.3 Å². The number of carboxylic acids is 1. The molecule has 0 radical (unpaired) electrons. The number of anilines is 1. The molecule has 0 saturated heterocycles. The molecular formula is C24H23ClF3N7O5. The first-order valence-corrected chi connectivity index (χ1v) is 12.1. The lowest BCUT2D eigenvalue weighted by atomic mass is 10.0. The van der Waals surface area contributed by atoms with Crippen molar-refractivity contribution in [1.82, 2.24) is 26.1 Å². The number of aliphatic carboxylic acids is 1. The molecular weight excluding hydrogens is 559 g/mol. The van der Waals surface area contributed by atoms with Gasteiger partial charge in [0.05, 0.1) is 54.6 Å². The van der Waals surface area contributed by atoms with E-state index in [2.05, 4.69) is 36.5 Å². The number of aliphatic imine (C=N–C) groups is 1. The van der Waals surface area contributed by atoms with E-state index in [1.807, 2.05) is 0 Å². The van der Waals surface area contributed by atoms with Crippen molar-refractivity contribution in [3.8, 4) is 0 Å². The van der Waals surface area contributed by atoms with Crippen molar-refractivity contribution in [2.75, 3.05) is 25.0 Å². The Labute approximate surface area is 229 Å². The Balaban J connectivity index is 1.46. The normalized spacial score (nSPS) is 16.0. The number of fused-ring (bicyclic) bond motifs is 1. The van der Waals surface area contributed by atoms with E-state index >= 15 is 0 Å². The maximum atomic E-state index is 13.2. The molecule has 7 N–H and O–H groups in total. The molecule has 2 unspecified atom stereocenters. The topological polar surface area (TPSA) is 181 Å². The zero-order valence-electron chi connectivity index (χ0n) is 20.5. The van der Waals surface area contributed by atoms with Crippen LogP contribution in [-0.2, 0) is 15.8 Å². The highest BCUT2D eigenvalue weighted by atomic mass is 35.5. The molecule has 212 valence electrons. The van der Waals surface area contributed by atoms with Gasteiger partial charge in [0.25, 0.3) is 5.91 Å². The smallest absolute Gasteiger partial charge is 0.416 e. The van der Waals surface area contributed by atoms with Crippen LogP contribution in [-0.4, -0.2) is 69.9 Å². The van der Waals surface area contributed by atoms with Crippen molar-refractivity contribution in [2.45, 2.75) is 24.7 Å². The van der Waals surface area contributed by atoms with Crippen LogP contribution in [0.15, 0.2) is 41.5 Å². The number of H-pyrrole nitrogens is 1. The minimum atomic E-state index is -4.74. The van der Waals surface area contributed by atoms with Gasteiger partial charge in [0.15, 0.2) is 5.96 Å². The standard InChI is InChI=1S/C24H23ClF3N7O5/c25-14-2-11(1-13(5-14)24(26,27)28)17(6-21(38)39)33-20(37)10-29-22(40)12-3-18(16-9-32-35-19(16)4-12)34-23-30-7-15(36)8-31-23/h1-5,9,15,17,36H,6-8,10H2,(H,29,40)(H,32,35)(H,33,37)(H,38,39)(H2,30,31,34). The minimum Gasteiger partial charge on any atom is -0.481 e. The van der Waals surface area contributed by atoms with Gasteiger partial charge in [-0.1, -0.05) is 11.6 Å². The number of aromatic amines is 1. The molecule has 1 aromatic heterocycles. The number of β-amino-alcohol motifs (C(OH)–C–C–N with tert-alkyl or cyclic N) is 1. The van der Waals surface area contributed by atoms with Crippen LogP contribution in [0.2, 0.25) is 5.02 Å². The Morgan fingerprint density at radius 2 is 1.95 bits per heavy atom. The maximum Gasteiger partial charge on any atom is 0.416 e. The molecule has 2 aromatic carbocycles. The summed E-state index contributed by atoms with van der Waals surface area (Å²) in [6.07, 6.45) is -4.55. The largest absolute Gasteiger partial charge is 0.481 e. The summed E-state index contributed by atoms with van der Waals surface area (Å²) >= 11 is 5.81. The lowest BCUT2D eigenvalue weighted by Gasteiger charge is -2.20. The van der Waals surface area contributed by atoms with Crippen molar-refractivity contribution >= 4 is 51.9 Å². The molecule has 40 heavy (non-hydrogen) atoms. The van der Waals surface area contributed by atoms with Gasteiger partial charge in [0.2, 0.25) is 5.91 Å². The molecule has 1 aliphatic rings. The summed E-state index contributed by atoms with van der Waals surface area (Å²) in [5.41, 5.74) is -0.160. The Hall–Kier alpha value is -4.37. The number of amides is 2. The van der Waals surface area contributed by atoms with E-state index in [0.29, 0.717) is 34.7 Å². The van der Waals surface area contributed by atoms with Gasteiger partial charge in [-0.2, -0.15) is 18.3 Å². The zero-order chi connectivity index (χ0) is 29.0. The first kappa shape index (κ1) is 28.6. The van der Waals surface area contributed by atoms with Crippen LogP contribution in [0.3, 0.4) is 0 Å². The highest BCUT2D eigenvalue weighted by Crippen LogP contribution is 2.34. The van der Waals surface area contributed by atoms with Gasteiger partial charge in [0.1, 0.15) is 0 Å². The number of carboxylic acid groups (broad SMARTS) is 1. The molecule has 4 rings (SSSR count). The van der Waals surface area contributed by atoms with Gasteiger partial charge in [-0.3, -0.25) is 24.5 Å². The van der Waals surface area contributed by atoms with Crippen molar-refractivity contribution < 1.29 is 37.8 Å². The number of rotatable bonds is 8. The number of aromatic nitrogens is 2. The Morgan fingerprint density at radius 1 is 1.18 bits per heavy atom. The van der Waals surface area contributed by atoms with Crippen molar-refractivity contribution in [3.05, 3.63) is 58.2 Å². The number of aliphatic hydroxyl groups excluding tert-OH is 1. The number of nitrogens with zero attached hydrogens (tertiary/aromatic N) is 2. The van der Waals surface area contributed by atoms with Crippen molar-refractivity contribution in [2.24, 2.45) is 4.99 Å². The molecule has 0 spiro atoms. The molecule has 2 atom stereocenters. The number of carbonyl (C=O) groups is 3. The van der Waals surface area contributed by atoms with E-state index in [0.717, 1.165) is 6.07 Å². The van der Waals surface area contributed by atoms with Gasteiger partial charge in [-0.05, 0) is 35.9 Å². The van der Waals surface area contributed by atoms with Crippen LogP contribution in [0.5, 0.6) is 0 Å². The summed E-state index contributed by atoms with van der Waals surface area (Å²) in [6, 6.07) is 4.17. The van der Waals surface area contributed by atoms with Gasteiger partial charge in [-0.25, -0.2) is 0 Å². The summed E-state index contributed by atoms with van der Waals surface area (Å²) in [4.78, 5) is 41.0. The minimum absolute atomic E-state index is 0.134. The Morgan fingerprint density at radius 3 is 2.62 bits per heavy atom. The average Bonchev–Trinajstić information content (AvgIpc) is 3.36. The SMILES string of the molecule is O=C(O)CC(NC(=O)CNC(=O)c1cc(NC2=NCC(O)CN2)c2cn[nH]c2c1)c1cc(Cl)cc(C(F)(F)F)c1. The molecule has 2 heterocycles. The number of carbonyl (C=O) groups excluding carboxylic acids is 2. The van der Waals surface area contributed by atoms with Crippen molar-refractivity contribution in [3.63, 3.8) is 0 Å². The molecule has 3 aromatic rings. The summed E-state index contributed by atoms with van der Waals surface area (Å²) in [6.45, 7) is -0.127. The maximum absolute atomic E-state index is 13.2. The summed E-state index contributed by atoms with van der Waals surface area (Å²) in [5, 5.41) is 36.6. The fourth-order valence-corrected chi connectivity index (χ4v) is 4.18. The lowest BCUT2D eigenvalue weighted by Crippen LogP contribution is -2.42. The third kappa shape index (κ3) is 7.18. The number of halogens is 4. The van der Waals surface area contributed by atoms with Crippen LogP contribution in [0.25, 0.3) is 10.9 Å². The highest BCUT2D eigenvalue weighted by Gasteiger charge is 2.32. The predicted octanol–water partition coefficient (Wildman–Crippen LogP) is 2.03. The number of hydrogen-bond acceptors (Lipinski definition) is 8. The highest BCUT2D eigenvalue weighted by molar-refractivity contribution is 6.30. The second kappa shape index (κ2) is 11.8. The molecule has 12 nitrogen and oxygen atoms in total. The molecule has 2 amide bonds.